The first-order valence-electron chi connectivity index (χ1n) is 10.3. The van der Waals surface area contributed by atoms with E-state index in [0.717, 1.165) is 6.07 Å². The molecule has 1 aromatic heterocycles. The second-order valence-corrected chi connectivity index (χ2v) is 7.23. The van der Waals surface area contributed by atoms with Gasteiger partial charge in [0.2, 0.25) is 0 Å². The lowest BCUT2D eigenvalue weighted by Gasteiger charge is -2.08. The van der Waals surface area contributed by atoms with Crippen molar-refractivity contribution in [2.75, 3.05) is 18.5 Å². The van der Waals surface area contributed by atoms with Crippen molar-refractivity contribution in [1.82, 2.24) is 14.7 Å². The van der Waals surface area contributed by atoms with Gasteiger partial charge in [0.15, 0.2) is 6.61 Å². The minimum absolute atomic E-state index is 0.0112. The molecule has 2 N–H and O–H groups in total. The molecule has 0 atom stereocenters. The molecule has 0 aliphatic carbocycles. The summed E-state index contributed by atoms with van der Waals surface area (Å²) in [6, 6.07) is 13.9. The smallest absolute Gasteiger partial charge is 0.387 e. The maximum atomic E-state index is 12.8. The number of hydrogen-bond donors (Lipinski definition) is 2. The number of hydrogen-bond acceptors (Lipinski definition) is 6. The van der Waals surface area contributed by atoms with Crippen LogP contribution in [0.1, 0.15) is 16.1 Å². The van der Waals surface area contributed by atoms with Gasteiger partial charge in [0.25, 0.3) is 17.4 Å². The van der Waals surface area contributed by atoms with Crippen LogP contribution in [0.3, 0.4) is 0 Å². The Morgan fingerprint density at radius 2 is 1.77 bits per heavy atom. The highest BCUT2D eigenvalue weighted by molar-refractivity contribution is 5.97. The van der Waals surface area contributed by atoms with Gasteiger partial charge in [-0.1, -0.05) is 24.3 Å². The predicted molar refractivity (Wildman–Crippen MR) is 121 cm³/mol. The number of rotatable bonds is 9. The highest BCUT2D eigenvalue weighted by Crippen LogP contribution is 2.16. The van der Waals surface area contributed by atoms with Crippen molar-refractivity contribution in [2.45, 2.75) is 13.5 Å². The molecular weight excluding hydrogens is 466 g/mol. The number of amides is 2. The van der Waals surface area contributed by atoms with E-state index in [1.165, 1.54) is 22.9 Å². The number of nitrogens with one attached hydrogen (secondary N) is 2. The maximum Gasteiger partial charge on any atom is 0.387 e. The summed E-state index contributed by atoms with van der Waals surface area (Å²) in [5.41, 5.74) is 0.668. The van der Waals surface area contributed by atoms with Crippen molar-refractivity contribution in [2.24, 2.45) is 7.05 Å². The zero-order valence-electron chi connectivity index (χ0n) is 18.8. The van der Waals surface area contributed by atoms with Gasteiger partial charge < -0.3 is 20.1 Å². The number of alkyl halides is 2. The number of para-hydroxylation sites is 1. The fraction of sp³-hybridized carbons (Fsp3) is 0.217. The van der Waals surface area contributed by atoms with E-state index >= 15 is 0 Å². The van der Waals surface area contributed by atoms with Crippen molar-refractivity contribution < 1.29 is 32.6 Å². The zero-order chi connectivity index (χ0) is 25.5. The Balaban J connectivity index is 1.53. The predicted octanol–water partition coefficient (Wildman–Crippen LogP) is 2.00. The number of anilines is 1. The van der Waals surface area contributed by atoms with Crippen molar-refractivity contribution in [3.63, 3.8) is 0 Å². The van der Waals surface area contributed by atoms with Crippen LogP contribution in [0.5, 0.6) is 5.75 Å². The van der Waals surface area contributed by atoms with Crippen LogP contribution in [0.4, 0.5) is 14.5 Å². The van der Waals surface area contributed by atoms with Crippen LogP contribution in [-0.2, 0) is 21.4 Å². The molecule has 0 aliphatic heterocycles. The van der Waals surface area contributed by atoms with E-state index in [2.05, 4.69) is 15.4 Å². The fourth-order valence-corrected chi connectivity index (χ4v) is 3.15. The maximum absolute atomic E-state index is 12.8. The molecule has 3 rings (SSSR count). The number of halogens is 2. The van der Waals surface area contributed by atoms with E-state index in [0.29, 0.717) is 11.4 Å². The van der Waals surface area contributed by atoms with Gasteiger partial charge in [-0.15, -0.1) is 0 Å². The Morgan fingerprint density at radius 3 is 2.46 bits per heavy atom. The first kappa shape index (κ1) is 25.1. The van der Waals surface area contributed by atoms with E-state index in [-0.39, 0.29) is 17.0 Å². The summed E-state index contributed by atoms with van der Waals surface area (Å²) < 4.78 is 36.6. The first-order chi connectivity index (χ1) is 16.7. The lowest BCUT2D eigenvalue weighted by molar-refractivity contribution is -0.146. The summed E-state index contributed by atoms with van der Waals surface area (Å²) in [5.74, 6) is -2.60. The fourth-order valence-electron chi connectivity index (χ4n) is 3.15. The molecule has 35 heavy (non-hydrogen) atoms. The van der Waals surface area contributed by atoms with Crippen LogP contribution in [0.2, 0.25) is 0 Å². The second-order valence-electron chi connectivity index (χ2n) is 7.23. The Morgan fingerprint density at radius 1 is 1.06 bits per heavy atom. The molecule has 0 unspecified atom stereocenters. The topological polar surface area (TPSA) is 121 Å². The molecule has 0 spiro atoms. The summed E-state index contributed by atoms with van der Waals surface area (Å²) in [5, 5.41) is 4.70. The molecule has 2 aromatic carbocycles. The van der Waals surface area contributed by atoms with Crippen LogP contribution >= 0.6 is 0 Å². The molecule has 184 valence electrons. The molecule has 3 aromatic rings. The van der Waals surface area contributed by atoms with Crippen LogP contribution in [-0.4, -0.2) is 46.9 Å². The van der Waals surface area contributed by atoms with Gasteiger partial charge in [0.1, 0.15) is 18.0 Å². The van der Waals surface area contributed by atoms with Crippen molar-refractivity contribution in [1.29, 1.82) is 0 Å². The Labute approximate surface area is 198 Å². The molecular formula is C23H22F2N4O6. The summed E-state index contributed by atoms with van der Waals surface area (Å²) >= 11 is 0. The van der Waals surface area contributed by atoms with Gasteiger partial charge in [-0.25, -0.2) is 4.68 Å². The molecule has 0 saturated heterocycles. The largest absolute Gasteiger partial charge is 0.454 e. The Kier molecular flexibility index (Phi) is 7.97. The Bertz CT molecular complexity index is 1290. The zero-order valence-corrected chi connectivity index (χ0v) is 18.8. The van der Waals surface area contributed by atoms with Gasteiger partial charge in [-0.05, 0) is 37.3 Å². The number of esters is 1. The molecule has 0 radical (unpaired) electrons. The highest BCUT2D eigenvalue weighted by Gasteiger charge is 2.19. The monoisotopic (exact) mass is 488 g/mol. The van der Waals surface area contributed by atoms with E-state index < -0.39 is 43.1 Å². The van der Waals surface area contributed by atoms with Gasteiger partial charge in [-0.3, -0.25) is 23.9 Å². The van der Waals surface area contributed by atoms with Crippen LogP contribution in [0.15, 0.2) is 59.4 Å². The average molecular weight is 488 g/mol. The molecule has 0 aliphatic rings. The van der Waals surface area contributed by atoms with Crippen molar-refractivity contribution in [3.05, 3.63) is 76.2 Å². The van der Waals surface area contributed by atoms with Gasteiger partial charge in [0, 0.05) is 12.6 Å². The second kappa shape index (κ2) is 11.1. The summed E-state index contributed by atoms with van der Waals surface area (Å²) in [7, 11) is 1.66. The van der Waals surface area contributed by atoms with Gasteiger partial charge in [-0.2, -0.15) is 8.78 Å². The number of ether oxygens (including phenoxy) is 2. The third-order valence-electron chi connectivity index (χ3n) is 4.90. The van der Waals surface area contributed by atoms with Crippen molar-refractivity contribution >= 4 is 23.5 Å². The molecule has 0 bridgehead atoms. The molecule has 0 saturated carbocycles. The summed E-state index contributed by atoms with van der Waals surface area (Å²) in [6.07, 6.45) is 0. The summed E-state index contributed by atoms with van der Waals surface area (Å²) in [6.45, 7) is -2.66. The van der Waals surface area contributed by atoms with E-state index in [1.807, 2.05) is 6.07 Å². The number of nitrogens with zero attached hydrogens (tertiary/aromatic N) is 2. The molecule has 1 heterocycles. The van der Waals surface area contributed by atoms with E-state index in [9.17, 15) is 28.0 Å². The third kappa shape index (κ3) is 6.31. The molecule has 0 fully saturated rings. The van der Waals surface area contributed by atoms with Gasteiger partial charge in [0.05, 0.1) is 11.4 Å². The lowest BCUT2D eigenvalue weighted by Crippen LogP contribution is -2.32. The highest BCUT2D eigenvalue weighted by atomic mass is 19.3. The van der Waals surface area contributed by atoms with E-state index in [4.69, 9.17) is 4.74 Å². The third-order valence-corrected chi connectivity index (χ3v) is 4.90. The van der Waals surface area contributed by atoms with Crippen LogP contribution < -0.4 is 20.9 Å². The standard InChI is InChI=1S/C23H22F2N4O6/c1-14-20(22(33)29(28(14)2)16-8-4-3-5-9-16)27-18(30)13-34-19(31)12-26-21(32)15-7-6-10-17(11-15)35-23(24)25/h3-11,23H,12-13H2,1-2H3,(H,26,32)(H,27,30). The van der Waals surface area contributed by atoms with Gasteiger partial charge >= 0.3 is 12.6 Å². The first-order valence-corrected chi connectivity index (χ1v) is 10.3. The number of carbonyl (C=O) groups excluding carboxylic acids is 3. The normalized spacial score (nSPS) is 10.7. The van der Waals surface area contributed by atoms with Crippen LogP contribution in [0.25, 0.3) is 5.69 Å². The molecule has 12 heteroatoms. The number of benzene rings is 2. The van der Waals surface area contributed by atoms with E-state index in [1.54, 1.807) is 42.9 Å². The van der Waals surface area contributed by atoms with Crippen molar-refractivity contribution in [3.8, 4) is 11.4 Å². The lowest BCUT2D eigenvalue weighted by atomic mass is 10.2. The minimum atomic E-state index is -3.05. The molecule has 10 nitrogen and oxygen atoms in total. The number of carbonyl (C=O) groups is 3. The average Bonchev–Trinajstić information content (AvgIpc) is 3.04. The Hall–Kier alpha value is -4.48. The minimum Gasteiger partial charge on any atom is -0.454 e. The number of aromatic nitrogens is 2. The molecule has 2 amide bonds. The van der Waals surface area contributed by atoms with Crippen LogP contribution in [0, 0.1) is 6.92 Å². The summed E-state index contributed by atoms with van der Waals surface area (Å²) in [4.78, 5) is 49.1. The SMILES string of the molecule is Cc1c(NC(=O)COC(=O)CNC(=O)c2cccc(OC(F)F)c2)c(=O)n(-c2ccccc2)n1C. The quantitative estimate of drug-likeness (QED) is 0.445.